The van der Waals surface area contributed by atoms with Gasteiger partial charge in [0.25, 0.3) is 0 Å². The molecule has 0 bridgehead atoms. The lowest BCUT2D eigenvalue weighted by Gasteiger charge is -2.34. The number of cyclic esters (lactones) is 1. The number of esters is 1. The average Bonchev–Trinajstić information content (AvgIpc) is 2.79. The highest BCUT2D eigenvalue weighted by atomic mass is 28.3. The van der Waals surface area contributed by atoms with E-state index in [4.69, 9.17) is 4.74 Å². The Balaban J connectivity index is 2.16. The van der Waals surface area contributed by atoms with Gasteiger partial charge in [0.05, 0.1) is 14.0 Å². The zero-order chi connectivity index (χ0) is 16.2. The Morgan fingerprint density at radius 1 is 1.09 bits per heavy atom. The van der Waals surface area contributed by atoms with Gasteiger partial charge in [-0.1, -0.05) is 81.2 Å². The molecule has 0 N–H and O–H groups in total. The maximum absolute atomic E-state index is 12.3. The third-order valence-electron chi connectivity index (χ3n) is 5.26. The van der Waals surface area contributed by atoms with Crippen LogP contribution in [0.25, 0.3) is 0 Å². The maximum atomic E-state index is 12.3. The lowest BCUT2D eigenvalue weighted by molar-refractivity contribution is -0.143. The van der Waals surface area contributed by atoms with E-state index in [1.165, 1.54) is 24.4 Å². The molecule has 0 aliphatic carbocycles. The highest BCUT2D eigenvalue weighted by Crippen LogP contribution is 2.43. The minimum atomic E-state index is -1.73. The summed E-state index contributed by atoms with van der Waals surface area (Å²) in [5.41, 5.74) is 0.393. The zero-order valence-electron chi connectivity index (χ0n) is 14.5. The second kappa shape index (κ2) is 7.45. The summed E-state index contributed by atoms with van der Waals surface area (Å²) in [5, 5.41) is 1.43. The van der Waals surface area contributed by atoms with Crippen molar-refractivity contribution in [1.82, 2.24) is 0 Å². The van der Waals surface area contributed by atoms with Crippen LogP contribution in [0.3, 0.4) is 0 Å². The van der Waals surface area contributed by atoms with E-state index in [9.17, 15) is 4.79 Å². The molecule has 1 saturated heterocycles. The highest BCUT2D eigenvalue weighted by Gasteiger charge is 2.50. The lowest BCUT2D eigenvalue weighted by atomic mass is 9.97. The van der Waals surface area contributed by atoms with Gasteiger partial charge in [0.2, 0.25) is 0 Å². The molecule has 1 aromatic carbocycles. The van der Waals surface area contributed by atoms with Crippen molar-refractivity contribution in [1.29, 1.82) is 0 Å². The van der Waals surface area contributed by atoms with Crippen LogP contribution in [0.4, 0.5) is 0 Å². The van der Waals surface area contributed by atoms with Crippen molar-refractivity contribution in [2.45, 2.75) is 70.7 Å². The van der Waals surface area contributed by atoms with E-state index in [1.54, 1.807) is 0 Å². The van der Waals surface area contributed by atoms with Gasteiger partial charge in [0.1, 0.15) is 6.10 Å². The van der Waals surface area contributed by atoms with Crippen LogP contribution in [0.5, 0.6) is 0 Å². The Bertz CT molecular complexity index is 483. The number of hydrogen-bond donors (Lipinski definition) is 0. The van der Waals surface area contributed by atoms with Gasteiger partial charge < -0.3 is 4.74 Å². The first kappa shape index (κ1) is 17.3. The predicted octanol–water partition coefficient (Wildman–Crippen LogP) is 4.50. The second-order valence-electron chi connectivity index (χ2n) is 7.21. The van der Waals surface area contributed by atoms with E-state index in [-0.39, 0.29) is 18.0 Å². The largest absolute Gasteiger partial charge is 0.462 e. The fourth-order valence-corrected chi connectivity index (χ4v) is 8.04. The van der Waals surface area contributed by atoms with Crippen LogP contribution < -0.4 is 5.19 Å². The van der Waals surface area contributed by atoms with Crippen LogP contribution in [0.15, 0.2) is 30.3 Å². The molecule has 0 amide bonds. The molecule has 0 aromatic heterocycles. The Kier molecular flexibility index (Phi) is 5.85. The number of hydrogen-bond acceptors (Lipinski definition) is 2. The average molecular weight is 319 g/mol. The van der Waals surface area contributed by atoms with Gasteiger partial charge in [0, 0.05) is 5.54 Å². The molecule has 2 nitrogen and oxygen atoms in total. The van der Waals surface area contributed by atoms with Crippen molar-refractivity contribution >= 4 is 19.2 Å². The Hall–Kier alpha value is -1.09. The molecule has 1 heterocycles. The number of carbonyl (C=O) groups is 1. The van der Waals surface area contributed by atoms with Crippen molar-refractivity contribution in [2.75, 3.05) is 0 Å². The summed E-state index contributed by atoms with van der Waals surface area (Å²) >= 11 is 0. The summed E-state index contributed by atoms with van der Waals surface area (Å²) < 4.78 is 5.65. The van der Waals surface area contributed by atoms with Crippen molar-refractivity contribution < 1.29 is 9.53 Å². The topological polar surface area (TPSA) is 26.3 Å². The maximum Gasteiger partial charge on any atom is 0.309 e. The molecule has 1 aliphatic heterocycles. The highest BCUT2D eigenvalue weighted by molar-refractivity contribution is 6.91. The molecule has 0 spiro atoms. The molecule has 22 heavy (non-hydrogen) atoms. The quantitative estimate of drug-likeness (QED) is 0.420. The predicted molar refractivity (Wildman–Crippen MR) is 95.1 cm³/mol. The van der Waals surface area contributed by atoms with E-state index in [1.807, 2.05) is 0 Å². The van der Waals surface area contributed by atoms with Gasteiger partial charge in [-0.05, 0) is 13.3 Å². The van der Waals surface area contributed by atoms with Crippen LogP contribution in [-0.2, 0) is 9.53 Å². The van der Waals surface area contributed by atoms with E-state index >= 15 is 0 Å². The van der Waals surface area contributed by atoms with Gasteiger partial charge in [0.15, 0.2) is 0 Å². The molecule has 1 fully saturated rings. The minimum absolute atomic E-state index is 0.0468. The van der Waals surface area contributed by atoms with Crippen LogP contribution in [-0.4, -0.2) is 20.1 Å². The molecule has 3 heteroatoms. The van der Waals surface area contributed by atoms with Crippen molar-refractivity contribution in [2.24, 2.45) is 5.92 Å². The number of ether oxygens (including phenoxy) is 1. The molecule has 1 aromatic rings. The number of benzene rings is 1. The van der Waals surface area contributed by atoms with Crippen molar-refractivity contribution in [3.05, 3.63) is 30.3 Å². The summed E-state index contributed by atoms with van der Waals surface area (Å²) in [7, 11) is -1.73. The molecule has 1 unspecified atom stereocenters. The Labute approximate surface area is 136 Å². The SMILES string of the molecule is CCCCCCC1C(=O)O[C@@H](C)[C@@H]1[Si](C)(C)c1ccccc1. The molecule has 3 atom stereocenters. The molecule has 122 valence electrons. The number of unbranched alkanes of at least 4 members (excludes halogenated alkanes) is 3. The molecular formula is C19H30O2Si. The molecule has 1 aliphatic rings. The first-order valence-corrected chi connectivity index (χ1v) is 11.8. The Morgan fingerprint density at radius 2 is 1.77 bits per heavy atom. The smallest absolute Gasteiger partial charge is 0.309 e. The van der Waals surface area contributed by atoms with Gasteiger partial charge in [-0.3, -0.25) is 4.79 Å². The summed E-state index contributed by atoms with van der Waals surface area (Å²) in [6.45, 7) is 9.10. The summed E-state index contributed by atoms with van der Waals surface area (Å²) in [6, 6.07) is 10.8. The third-order valence-corrected chi connectivity index (χ3v) is 9.62. The third kappa shape index (κ3) is 3.62. The first-order chi connectivity index (χ1) is 10.5. The number of carbonyl (C=O) groups excluding carboxylic acids is 1. The van der Waals surface area contributed by atoms with Crippen LogP contribution in [0, 0.1) is 5.92 Å². The summed E-state index contributed by atoms with van der Waals surface area (Å²) in [5.74, 6) is 0.152. The zero-order valence-corrected chi connectivity index (χ0v) is 15.5. The van der Waals surface area contributed by atoms with Gasteiger partial charge in [-0.15, -0.1) is 0 Å². The molecule has 0 saturated carbocycles. The molecule has 2 rings (SSSR count). The first-order valence-electron chi connectivity index (χ1n) is 8.74. The van der Waals surface area contributed by atoms with Crippen LogP contribution in [0.2, 0.25) is 18.6 Å². The van der Waals surface area contributed by atoms with E-state index < -0.39 is 8.07 Å². The fraction of sp³-hybridized carbons (Fsp3) is 0.632. The minimum Gasteiger partial charge on any atom is -0.462 e. The van der Waals surface area contributed by atoms with Gasteiger partial charge >= 0.3 is 5.97 Å². The molecule has 0 radical (unpaired) electrons. The van der Waals surface area contributed by atoms with E-state index in [0.717, 1.165) is 12.8 Å². The second-order valence-corrected chi connectivity index (χ2v) is 11.9. The Morgan fingerprint density at radius 3 is 2.41 bits per heavy atom. The molecular weight excluding hydrogens is 288 g/mol. The standard InChI is InChI=1S/C19H30O2Si/c1-5-6-7-11-14-17-18(15(2)21-19(17)20)22(3,4)16-12-9-8-10-13-16/h8-10,12-13,15,17-18H,5-7,11,14H2,1-4H3/t15-,17?,18-/m0/s1. The fourth-order valence-electron chi connectivity index (χ4n) is 4.06. The van der Waals surface area contributed by atoms with Crippen LogP contribution >= 0.6 is 0 Å². The lowest BCUT2D eigenvalue weighted by Crippen LogP contribution is -2.50. The van der Waals surface area contributed by atoms with Gasteiger partial charge in [-0.25, -0.2) is 0 Å². The van der Waals surface area contributed by atoms with Crippen LogP contribution in [0.1, 0.15) is 46.0 Å². The van der Waals surface area contributed by atoms with E-state index in [0.29, 0.717) is 5.54 Å². The monoisotopic (exact) mass is 318 g/mol. The van der Waals surface area contributed by atoms with Gasteiger partial charge in [-0.2, -0.15) is 0 Å². The normalized spacial score (nSPS) is 25.3. The number of rotatable bonds is 7. The van der Waals surface area contributed by atoms with E-state index in [2.05, 4.69) is 57.3 Å². The summed E-state index contributed by atoms with van der Waals surface area (Å²) in [6.07, 6.45) is 5.94. The summed E-state index contributed by atoms with van der Waals surface area (Å²) in [4.78, 5) is 12.3. The van der Waals surface area contributed by atoms with Crippen molar-refractivity contribution in [3.8, 4) is 0 Å². The van der Waals surface area contributed by atoms with Crippen molar-refractivity contribution in [3.63, 3.8) is 0 Å².